The number of halogens is 1. The maximum Gasteiger partial charge on any atom is 0.351 e. The molecule has 2 heterocycles. The van der Waals surface area contributed by atoms with Crippen LogP contribution in [0.1, 0.15) is 67.7 Å². The van der Waals surface area contributed by atoms with E-state index in [4.69, 9.17) is 24.5 Å². The van der Waals surface area contributed by atoms with Crippen LogP contribution in [0.2, 0.25) is 0 Å². The second kappa shape index (κ2) is 15.1. The summed E-state index contributed by atoms with van der Waals surface area (Å²) in [5, 5.41) is 37.1. The van der Waals surface area contributed by atoms with Crippen molar-refractivity contribution in [3.63, 3.8) is 0 Å². The summed E-state index contributed by atoms with van der Waals surface area (Å²) in [5.41, 5.74) is 1.63. The lowest BCUT2D eigenvalue weighted by Gasteiger charge is -2.47. The Balaban J connectivity index is 2.69. The number of hydrogen-bond donors (Lipinski definition) is 3. The Morgan fingerprint density at radius 3 is 2.24 bits per heavy atom. The van der Waals surface area contributed by atoms with Gasteiger partial charge >= 0.3 is 5.97 Å². The highest BCUT2D eigenvalue weighted by molar-refractivity contribution is 6.07. The molecule has 2 fully saturated rings. The number of hydrogen-bond acceptors (Lipinski definition) is 12. The van der Waals surface area contributed by atoms with Gasteiger partial charge in [0.25, 0.3) is 5.67 Å². The number of ketones is 2. The van der Waals surface area contributed by atoms with E-state index in [1.54, 1.807) is 34.9 Å². The molecule has 0 saturated carbocycles. The minimum Gasteiger partial charge on any atom is -0.457 e. The zero-order chi connectivity index (χ0) is 34.7. The number of carbonyl (C=O) groups excluding carboxylic acids is 3. The average Bonchev–Trinajstić information content (AvgIpc) is 2.97. The minimum atomic E-state index is -3.28. The zero-order valence-corrected chi connectivity index (χ0v) is 28.0. The lowest BCUT2D eigenvalue weighted by Crippen LogP contribution is -2.61. The molecule has 2 aliphatic heterocycles. The number of alkyl halides is 1. The molecule has 0 aromatic carbocycles. The summed E-state index contributed by atoms with van der Waals surface area (Å²) in [6.45, 7) is 9.23. The van der Waals surface area contributed by atoms with Crippen LogP contribution in [0, 0.1) is 17.8 Å². The first kappa shape index (κ1) is 39.0. The molecule has 3 N–H and O–H groups in total. The maximum atomic E-state index is 16.3. The number of cyclic esters (lactones) is 1. The standard InChI is InChI=1S/C30H51FN4O10/c1-15-14-28(5,42-10)25(45-26-22(37)19(35(8)9)13-16(2)43-26)18(4)23(38)29(6,31)27(40)44-20(11-12-33-34-32)30(7,41)24(39)17(3)21(15)36/h15-20,22,24-26,37,39,41H,11-14H2,1-10H3/t15-,16-,17+,18+,19+,20-,22-,24-,25-,26+,28-,29+,30-/m1/s1. The van der Waals surface area contributed by atoms with E-state index in [1.165, 1.54) is 21.0 Å². The van der Waals surface area contributed by atoms with Crippen LogP contribution in [0.4, 0.5) is 4.39 Å². The van der Waals surface area contributed by atoms with Gasteiger partial charge in [-0.05, 0) is 66.6 Å². The summed E-state index contributed by atoms with van der Waals surface area (Å²) in [4.78, 5) is 45.3. The van der Waals surface area contributed by atoms with E-state index in [9.17, 15) is 29.7 Å². The first-order valence-electron chi connectivity index (χ1n) is 15.3. The second-order valence-corrected chi connectivity index (χ2v) is 13.4. The van der Waals surface area contributed by atoms with Crippen molar-refractivity contribution < 1.29 is 53.0 Å². The molecule has 0 bridgehead atoms. The molecule has 0 aromatic rings. The lowest BCUT2D eigenvalue weighted by atomic mass is 9.74. The van der Waals surface area contributed by atoms with Crippen LogP contribution in [-0.2, 0) is 33.3 Å². The van der Waals surface area contributed by atoms with Crippen molar-refractivity contribution in [2.45, 2.75) is 127 Å². The quantitative estimate of drug-likeness (QED) is 0.120. The van der Waals surface area contributed by atoms with E-state index in [0.717, 1.165) is 13.8 Å². The van der Waals surface area contributed by atoms with Crippen molar-refractivity contribution in [1.82, 2.24) is 4.90 Å². The van der Waals surface area contributed by atoms with Crippen LogP contribution >= 0.6 is 0 Å². The Morgan fingerprint density at radius 1 is 1.11 bits per heavy atom. The number of esters is 1. The summed E-state index contributed by atoms with van der Waals surface area (Å²) in [5.74, 6) is -6.86. The topological polar surface area (TPSA) is 201 Å². The fraction of sp³-hybridized carbons (Fsp3) is 0.900. The first-order chi connectivity index (χ1) is 20.7. The van der Waals surface area contributed by atoms with Gasteiger partial charge in [0.2, 0.25) is 0 Å². The number of Topliss-reactive ketones (excluding diaryl/α,β-unsaturated/α-hetero) is 2. The van der Waals surface area contributed by atoms with E-state index in [1.807, 2.05) is 4.90 Å². The van der Waals surface area contributed by atoms with Crippen LogP contribution in [-0.4, -0.2) is 125 Å². The smallest absolute Gasteiger partial charge is 0.351 e. The second-order valence-electron chi connectivity index (χ2n) is 13.4. The number of aliphatic hydroxyl groups is 3. The van der Waals surface area contributed by atoms with Gasteiger partial charge in [-0.2, -0.15) is 0 Å². The molecule has 14 nitrogen and oxygen atoms in total. The van der Waals surface area contributed by atoms with E-state index in [0.29, 0.717) is 6.42 Å². The van der Waals surface area contributed by atoms with Crippen molar-refractivity contribution >= 4 is 17.5 Å². The fourth-order valence-corrected chi connectivity index (χ4v) is 6.51. The molecular weight excluding hydrogens is 595 g/mol. The van der Waals surface area contributed by atoms with E-state index >= 15 is 4.39 Å². The molecule has 15 heteroatoms. The summed E-state index contributed by atoms with van der Waals surface area (Å²) in [6, 6.07) is -0.378. The third kappa shape index (κ3) is 8.38. The van der Waals surface area contributed by atoms with E-state index in [2.05, 4.69) is 10.0 Å². The molecule has 45 heavy (non-hydrogen) atoms. The Bertz CT molecular complexity index is 1120. The SMILES string of the molecule is CO[C@]1(C)C[C@@H](C)C(=O)[C@H](C)[C@@H](O)[C@](C)(O)[C@@H](CCN=[N+]=[N-])OC(=O)[C@@](C)(F)C(=O)[C@H](C)[C@H]1O[C@@H]1O[C@H](C)C[C@H](N(C)C)[C@H]1O. The lowest BCUT2D eigenvalue weighted by molar-refractivity contribution is -0.295. The third-order valence-electron chi connectivity index (χ3n) is 9.51. The summed E-state index contributed by atoms with van der Waals surface area (Å²) >= 11 is 0. The van der Waals surface area contributed by atoms with Crippen molar-refractivity contribution in [3.05, 3.63) is 10.4 Å². The molecule has 2 saturated heterocycles. The van der Waals surface area contributed by atoms with Gasteiger partial charge in [0.15, 0.2) is 12.1 Å². The number of azide groups is 1. The molecule has 0 amide bonds. The monoisotopic (exact) mass is 646 g/mol. The molecule has 0 radical (unpaired) electrons. The molecule has 13 atom stereocenters. The number of ether oxygens (including phenoxy) is 4. The predicted octanol–water partition coefficient (Wildman–Crippen LogP) is 2.11. The Morgan fingerprint density at radius 2 is 1.71 bits per heavy atom. The van der Waals surface area contributed by atoms with Crippen molar-refractivity contribution in [1.29, 1.82) is 0 Å². The predicted molar refractivity (Wildman–Crippen MR) is 159 cm³/mol. The summed E-state index contributed by atoms with van der Waals surface area (Å²) in [6.07, 6.45) is -7.59. The third-order valence-corrected chi connectivity index (χ3v) is 9.51. The largest absolute Gasteiger partial charge is 0.457 e. The number of rotatable bonds is 7. The molecule has 2 rings (SSSR count). The van der Waals surface area contributed by atoms with Gasteiger partial charge in [0.1, 0.15) is 23.6 Å². The van der Waals surface area contributed by atoms with Crippen LogP contribution in [0.5, 0.6) is 0 Å². The van der Waals surface area contributed by atoms with E-state index < -0.39 is 82.9 Å². The normalized spacial score (nSPS) is 44.2. The van der Waals surface area contributed by atoms with E-state index in [-0.39, 0.29) is 31.5 Å². The molecule has 0 aliphatic carbocycles. The highest BCUT2D eigenvalue weighted by Gasteiger charge is 2.56. The number of likely N-dealkylation sites (N-methyl/N-ethyl adjacent to an activating group) is 1. The summed E-state index contributed by atoms with van der Waals surface area (Å²) < 4.78 is 39.8. The van der Waals surface area contributed by atoms with Gasteiger partial charge in [-0.25, -0.2) is 9.18 Å². The molecule has 258 valence electrons. The van der Waals surface area contributed by atoms with Crippen LogP contribution in [0.25, 0.3) is 10.4 Å². The average molecular weight is 647 g/mol. The minimum absolute atomic E-state index is 0.0902. The van der Waals surface area contributed by atoms with Gasteiger partial charge in [-0.3, -0.25) is 9.59 Å². The maximum absolute atomic E-state index is 16.3. The Kier molecular flexibility index (Phi) is 13.1. The van der Waals surface area contributed by atoms with Crippen LogP contribution in [0.15, 0.2) is 5.11 Å². The zero-order valence-electron chi connectivity index (χ0n) is 28.0. The number of carbonyl (C=O) groups is 3. The van der Waals surface area contributed by atoms with Crippen molar-refractivity contribution in [2.24, 2.45) is 22.9 Å². The molecule has 0 aromatic heterocycles. The van der Waals surface area contributed by atoms with Gasteiger partial charge in [-0.15, -0.1) is 0 Å². The molecule has 0 unspecified atom stereocenters. The molecule has 2 aliphatic rings. The van der Waals surface area contributed by atoms with Crippen molar-refractivity contribution in [3.8, 4) is 0 Å². The molecular formula is C30H51FN4O10. The first-order valence-corrected chi connectivity index (χ1v) is 15.3. The Hall–Kier alpha value is -2.23. The highest BCUT2D eigenvalue weighted by atomic mass is 19.1. The van der Waals surface area contributed by atoms with Crippen LogP contribution < -0.4 is 0 Å². The highest BCUT2D eigenvalue weighted by Crippen LogP contribution is 2.39. The molecule has 0 spiro atoms. The fourth-order valence-electron chi connectivity index (χ4n) is 6.51. The summed E-state index contributed by atoms with van der Waals surface area (Å²) in [7, 11) is 4.91. The van der Waals surface area contributed by atoms with Gasteiger partial charge < -0.3 is 39.2 Å². The Labute approximate surface area is 264 Å². The van der Waals surface area contributed by atoms with Gasteiger partial charge in [0.05, 0.1) is 23.9 Å². The van der Waals surface area contributed by atoms with Crippen LogP contribution in [0.3, 0.4) is 0 Å². The van der Waals surface area contributed by atoms with Gasteiger partial charge in [-0.1, -0.05) is 25.9 Å². The number of methoxy groups -OCH3 is 1. The number of nitrogens with zero attached hydrogens (tertiary/aromatic N) is 4. The van der Waals surface area contributed by atoms with Crippen molar-refractivity contribution in [2.75, 3.05) is 27.7 Å². The number of aliphatic hydroxyl groups excluding tert-OH is 2. The van der Waals surface area contributed by atoms with Gasteiger partial charge in [0, 0.05) is 42.4 Å².